The molecule has 1 aromatic heterocycles. The fraction of sp³-hybridized carbons (Fsp3) is 0.350. The summed E-state index contributed by atoms with van der Waals surface area (Å²) >= 11 is 0. The summed E-state index contributed by atoms with van der Waals surface area (Å²) in [6.07, 6.45) is 6.46. The monoisotopic (exact) mass is 350 g/mol. The average molecular weight is 350 g/mol. The Morgan fingerprint density at radius 3 is 2.38 bits per heavy atom. The van der Waals surface area contributed by atoms with E-state index in [0.717, 1.165) is 19.3 Å². The zero-order valence-corrected chi connectivity index (χ0v) is 14.4. The number of nitrogens with zero attached hydrogens (tertiary/aromatic N) is 1. The second-order valence-electron chi connectivity index (χ2n) is 7.20. The third-order valence-corrected chi connectivity index (χ3v) is 5.61. The highest BCUT2D eigenvalue weighted by Gasteiger charge is 2.49. The van der Waals surface area contributed by atoms with Crippen LogP contribution in [0.4, 0.5) is 11.4 Å². The number of aromatic nitrogens is 1. The Morgan fingerprint density at radius 2 is 1.69 bits per heavy atom. The molecule has 2 saturated carbocycles. The highest BCUT2D eigenvalue weighted by molar-refractivity contribution is 6.04. The van der Waals surface area contributed by atoms with Crippen molar-refractivity contribution >= 4 is 23.2 Å². The van der Waals surface area contributed by atoms with Crippen LogP contribution in [-0.4, -0.2) is 22.8 Å². The van der Waals surface area contributed by atoms with Crippen molar-refractivity contribution in [2.45, 2.75) is 25.3 Å². The molecule has 1 heterocycles. The van der Waals surface area contributed by atoms with Crippen LogP contribution in [-0.2, 0) is 4.79 Å². The molecular weight excluding hydrogens is 328 g/mol. The molecule has 1 aromatic carbocycles. The number of carbonyl (C=O) groups excluding carboxylic acids is 2. The molecule has 4 N–H and O–H groups in total. The lowest BCUT2D eigenvalue weighted by molar-refractivity contribution is -0.121. The first-order valence-corrected chi connectivity index (χ1v) is 9.00. The zero-order valence-electron chi connectivity index (χ0n) is 14.4. The second kappa shape index (κ2) is 6.88. The molecule has 2 bridgehead atoms. The Kier molecular flexibility index (Phi) is 4.42. The van der Waals surface area contributed by atoms with Crippen LogP contribution in [0.3, 0.4) is 0 Å². The van der Waals surface area contributed by atoms with Crippen LogP contribution >= 0.6 is 0 Å². The van der Waals surface area contributed by atoms with Gasteiger partial charge in [-0.15, -0.1) is 0 Å². The number of nitrogens with one attached hydrogen (secondary N) is 2. The molecule has 2 aliphatic rings. The van der Waals surface area contributed by atoms with Gasteiger partial charge < -0.3 is 16.4 Å². The Balaban J connectivity index is 1.43. The third kappa shape index (κ3) is 3.20. The summed E-state index contributed by atoms with van der Waals surface area (Å²) in [4.78, 5) is 28.8. The van der Waals surface area contributed by atoms with E-state index in [1.807, 2.05) is 6.07 Å². The molecule has 4 atom stereocenters. The number of carbonyl (C=O) groups is 2. The molecule has 134 valence electrons. The SMILES string of the molecule is NC1C2CCC(C2)C1C(=O)Nc1cccc(NC(=O)c2ccncc2)c1. The third-order valence-electron chi connectivity index (χ3n) is 5.61. The lowest BCUT2D eigenvalue weighted by Crippen LogP contribution is -2.42. The van der Waals surface area contributed by atoms with E-state index in [1.54, 1.807) is 42.7 Å². The first kappa shape index (κ1) is 16.7. The molecule has 4 unspecified atom stereocenters. The molecule has 2 aromatic rings. The van der Waals surface area contributed by atoms with Crippen LogP contribution in [0.5, 0.6) is 0 Å². The van der Waals surface area contributed by atoms with Gasteiger partial charge in [-0.2, -0.15) is 0 Å². The molecule has 0 radical (unpaired) electrons. The van der Waals surface area contributed by atoms with Crippen LogP contribution in [0.1, 0.15) is 29.6 Å². The van der Waals surface area contributed by atoms with Crippen molar-refractivity contribution in [2.75, 3.05) is 10.6 Å². The number of hydrogen-bond acceptors (Lipinski definition) is 4. The molecule has 0 aliphatic heterocycles. The molecule has 26 heavy (non-hydrogen) atoms. The highest BCUT2D eigenvalue weighted by atomic mass is 16.2. The largest absolute Gasteiger partial charge is 0.327 e. The Bertz CT molecular complexity index is 822. The minimum Gasteiger partial charge on any atom is -0.327 e. The van der Waals surface area contributed by atoms with Gasteiger partial charge in [0.15, 0.2) is 0 Å². The van der Waals surface area contributed by atoms with Gasteiger partial charge in [0.1, 0.15) is 0 Å². The second-order valence-corrected chi connectivity index (χ2v) is 7.20. The number of rotatable bonds is 4. The number of nitrogens with two attached hydrogens (primary N) is 1. The molecular formula is C20H22N4O2. The van der Waals surface area contributed by atoms with Gasteiger partial charge in [0.25, 0.3) is 5.91 Å². The Hall–Kier alpha value is -2.73. The number of amides is 2. The number of anilines is 2. The molecule has 0 spiro atoms. The van der Waals surface area contributed by atoms with Crippen LogP contribution in [0, 0.1) is 17.8 Å². The fourth-order valence-electron chi connectivity index (χ4n) is 4.33. The minimum absolute atomic E-state index is 0.0117. The van der Waals surface area contributed by atoms with Gasteiger partial charge in [0.05, 0.1) is 5.92 Å². The van der Waals surface area contributed by atoms with Crippen molar-refractivity contribution in [3.8, 4) is 0 Å². The van der Waals surface area contributed by atoms with Crippen molar-refractivity contribution in [2.24, 2.45) is 23.5 Å². The summed E-state index contributed by atoms with van der Waals surface area (Å²) in [7, 11) is 0. The minimum atomic E-state index is -0.217. The van der Waals surface area contributed by atoms with Gasteiger partial charge >= 0.3 is 0 Å². The number of benzene rings is 1. The first-order chi connectivity index (χ1) is 12.6. The number of hydrogen-bond donors (Lipinski definition) is 3. The predicted molar refractivity (Wildman–Crippen MR) is 99.6 cm³/mol. The standard InChI is InChI=1S/C20H22N4O2/c21-18-14-5-4-13(10-14)17(18)20(26)24-16-3-1-2-15(11-16)23-19(25)12-6-8-22-9-7-12/h1-3,6-9,11,13-14,17-18H,4-5,10,21H2,(H,23,25)(H,24,26). The van der Waals surface area contributed by atoms with Gasteiger partial charge in [0.2, 0.25) is 5.91 Å². The molecule has 6 heteroatoms. The maximum atomic E-state index is 12.7. The quantitative estimate of drug-likeness (QED) is 0.790. The maximum Gasteiger partial charge on any atom is 0.255 e. The van der Waals surface area contributed by atoms with E-state index < -0.39 is 0 Å². The maximum absolute atomic E-state index is 12.7. The predicted octanol–water partition coefficient (Wildman–Crippen LogP) is 2.65. The number of fused-ring (bicyclic) bond motifs is 2. The van der Waals surface area contributed by atoms with Crippen LogP contribution in [0.2, 0.25) is 0 Å². The van der Waals surface area contributed by atoms with Gasteiger partial charge in [-0.1, -0.05) is 6.07 Å². The van der Waals surface area contributed by atoms with Gasteiger partial charge in [0, 0.05) is 35.4 Å². The van der Waals surface area contributed by atoms with Crippen LogP contribution < -0.4 is 16.4 Å². The van der Waals surface area contributed by atoms with E-state index in [0.29, 0.717) is 28.8 Å². The Labute approximate surface area is 152 Å². The van der Waals surface area contributed by atoms with Gasteiger partial charge in [-0.25, -0.2) is 0 Å². The van der Waals surface area contributed by atoms with Crippen molar-refractivity contribution in [3.63, 3.8) is 0 Å². The van der Waals surface area contributed by atoms with E-state index in [-0.39, 0.29) is 23.8 Å². The van der Waals surface area contributed by atoms with Crippen molar-refractivity contribution < 1.29 is 9.59 Å². The first-order valence-electron chi connectivity index (χ1n) is 9.00. The molecule has 0 saturated heterocycles. The molecule has 6 nitrogen and oxygen atoms in total. The van der Waals surface area contributed by atoms with Crippen molar-refractivity contribution in [3.05, 3.63) is 54.4 Å². The van der Waals surface area contributed by atoms with E-state index >= 15 is 0 Å². The lowest BCUT2D eigenvalue weighted by Gasteiger charge is -2.27. The average Bonchev–Trinajstić information content (AvgIpc) is 3.24. The summed E-state index contributed by atoms with van der Waals surface area (Å²) in [6, 6.07) is 10.4. The molecule has 2 aliphatic carbocycles. The van der Waals surface area contributed by atoms with E-state index in [1.165, 1.54) is 0 Å². The Morgan fingerprint density at radius 1 is 1.00 bits per heavy atom. The van der Waals surface area contributed by atoms with Crippen molar-refractivity contribution in [1.82, 2.24) is 4.98 Å². The smallest absolute Gasteiger partial charge is 0.255 e. The normalized spacial score (nSPS) is 26.5. The molecule has 4 rings (SSSR count). The van der Waals surface area contributed by atoms with E-state index in [2.05, 4.69) is 15.6 Å². The summed E-state index contributed by atoms with van der Waals surface area (Å²) in [5.74, 6) is 0.559. The van der Waals surface area contributed by atoms with Gasteiger partial charge in [-0.05, 0) is 61.4 Å². The summed E-state index contributed by atoms with van der Waals surface area (Å²) in [6.45, 7) is 0. The lowest BCUT2D eigenvalue weighted by atomic mass is 9.84. The molecule has 2 fully saturated rings. The molecule has 2 amide bonds. The summed E-state index contributed by atoms with van der Waals surface area (Å²) < 4.78 is 0. The van der Waals surface area contributed by atoms with E-state index in [9.17, 15) is 9.59 Å². The highest BCUT2D eigenvalue weighted by Crippen LogP contribution is 2.47. The van der Waals surface area contributed by atoms with Crippen LogP contribution in [0.25, 0.3) is 0 Å². The van der Waals surface area contributed by atoms with Crippen LogP contribution in [0.15, 0.2) is 48.8 Å². The topological polar surface area (TPSA) is 97.1 Å². The summed E-state index contributed by atoms with van der Waals surface area (Å²) in [5, 5.41) is 5.81. The van der Waals surface area contributed by atoms with Crippen molar-refractivity contribution in [1.29, 1.82) is 0 Å². The fourth-order valence-corrected chi connectivity index (χ4v) is 4.33. The number of pyridine rings is 1. The van der Waals surface area contributed by atoms with Gasteiger partial charge in [-0.3, -0.25) is 14.6 Å². The van der Waals surface area contributed by atoms with E-state index in [4.69, 9.17) is 5.73 Å². The zero-order chi connectivity index (χ0) is 18.1. The summed E-state index contributed by atoms with van der Waals surface area (Å²) in [5.41, 5.74) is 8.08.